The van der Waals surface area contributed by atoms with E-state index in [0.29, 0.717) is 19.4 Å². The van der Waals surface area contributed by atoms with E-state index in [2.05, 4.69) is 13.8 Å². The highest BCUT2D eigenvalue weighted by Gasteiger charge is 2.38. The molecule has 0 aliphatic rings. The van der Waals surface area contributed by atoms with Crippen molar-refractivity contribution in [2.45, 2.75) is 153 Å². The van der Waals surface area contributed by atoms with Crippen LogP contribution in [0, 0.1) is 0 Å². The quantitative estimate of drug-likeness (QED) is 0.0570. The van der Waals surface area contributed by atoms with Crippen LogP contribution in [0.15, 0.2) is 0 Å². The molecule has 0 heterocycles. The highest BCUT2D eigenvalue weighted by molar-refractivity contribution is 7.85. The molecule has 4 atom stereocenters. The predicted octanol–water partition coefficient (Wildman–Crippen LogP) is 7.61. The first-order valence-electron chi connectivity index (χ1n) is 14.7. The average molecular weight is 567 g/mol. The number of ether oxygens (including phenoxy) is 2. The zero-order valence-corrected chi connectivity index (χ0v) is 25.5. The van der Waals surface area contributed by atoms with Crippen molar-refractivity contribution >= 4 is 25.2 Å². The lowest BCUT2D eigenvalue weighted by Gasteiger charge is -2.23. The maximum Gasteiger partial charge on any atom is 0.350 e. The summed E-state index contributed by atoms with van der Waals surface area (Å²) in [6.45, 7) is 5.99. The Labute approximate surface area is 230 Å². The van der Waals surface area contributed by atoms with E-state index < -0.39 is 43.5 Å². The lowest BCUT2D eigenvalue weighted by atomic mass is 10.1. The van der Waals surface area contributed by atoms with Crippen LogP contribution in [0.3, 0.4) is 0 Å². The van der Waals surface area contributed by atoms with Gasteiger partial charge in [-0.25, -0.2) is 4.79 Å². The van der Waals surface area contributed by atoms with E-state index in [-0.39, 0.29) is 5.25 Å². The summed E-state index contributed by atoms with van der Waals surface area (Å²) < 4.78 is 35.3. The molecule has 220 valence electrons. The van der Waals surface area contributed by atoms with Crippen LogP contribution in [0.1, 0.15) is 136 Å². The maximum absolute atomic E-state index is 13.1. The first kappa shape index (κ1) is 36.6. The number of hydrogen-bond donors (Lipinski definition) is 2. The lowest BCUT2D eigenvalue weighted by Crippen LogP contribution is -2.39. The smallest absolute Gasteiger partial charge is 0.350 e. The average Bonchev–Trinajstić information content (AvgIpc) is 2.89. The fraction of sp³-hybridized carbons (Fsp3) is 0.964. The van der Waals surface area contributed by atoms with E-state index in [1.54, 1.807) is 0 Å². The molecule has 0 saturated carbocycles. The molecule has 0 aliphatic heterocycles. The van der Waals surface area contributed by atoms with Crippen molar-refractivity contribution in [1.29, 1.82) is 0 Å². The minimum absolute atomic E-state index is 0.0776. The van der Waals surface area contributed by atoms with Crippen LogP contribution < -0.4 is 0 Å². The van der Waals surface area contributed by atoms with Gasteiger partial charge in [-0.2, -0.15) is 0 Å². The zero-order chi connectivity index (χ0) is 27.8. The fourth-order valence-electron chi connectivity index (χ4n) is 4.23. The summed E-state index contributed by atoms with van der Waals surface area (Å²) in [6.07, 6.45) is 19.8. The second-order valence-corrected chi connectivity index (χ2v) is 12.9. The van der Waals surface area contributed by atoms with E-state index in [1.165, 1.54) is 70.6 Å². The molecule has 9 heteroatoms. The van der Waals surface area contributed by atoms with Crippen molar-refractivity contribution in [2.75, 3.05) is 19.0 Å². The first-order valence-corrected chi connectivity index (χ1v) is 16.9. The van der Waals surface area contributed by atoms with Gasteiger partial charge in [-0.1, -0.05) is 111 Å². The van der Waals surface area contributed by atoms with Crippen molar-refractivity contribution in [3.05, 3.63) is 0 Å². The van der Waals surface area contributed by atoms with Gasteiger partial charge in [0.1, 0.15) is 6.61 Å². The maximum atomic E-state index is 13.1. The second-order valence-electron chi connectivity index (χ2n) is 10.1. The number of aliphatic hydroxyl groups is 1. The van der Waals surface area contributed by atoms with Gasteiger partial charge >= 0.3 is 5.97 Å². The van der Waals surface area contributed by atoms with Gasteiger partial charge in [-0.15, -0.1) is 0 Å². The first-order chi connectivity index (χ1) is 17.8. The third-order valence-electron chi connectivity index (χ3n) is 6.74. The minimum atomic E-state index is -2.48. The Morgan fingerprint density at radius 3 is 1.81 bits per heavy atom. The molecule has 0 aliphatic carbocycles. The topological polar surface area (TPSA) is 110 Å². The normalized spacial score (nSPS) is 15.9. The lowest BCUT2D eigenvalue weighted by molar-refractivity contribution is -0.178. The van der Waals surface area contributed by atoms with Gasteiger partial charge in [0.2, 0.25) is 8.46 Å². The number of unbranched alkanes of at least 4 members (excludes halogenated alkanes) is 13. The summed E-state index contributed by atoms with van der Waals surface area (Å²) in [4.78, 5) is 11.1. The monoisotopic (exact) mass is 566 g/mol. The number of rotatable bonds is 28. The zero-order valence-electron chi connectivity index (χ0n) is 23.8. The Hall–Kier alpha value is -0.400. The highest BCUT2D eigenvalue weighted by Crippen LogP contribution is 2.22. The van der Waals surface area contributed by atoms with Crippen LogP contribution in [0.4, 0.5) is 0 Å². The van der Waals surface area contributed by atoms with Gasteiger partial charge in [-0.05, 0) is 25.7 Å². The van der Waals surface area contributed by atoms with Crippen molar-refractivity contribution in [2.24, 2.45) is 0 Å². The second kappa shape index (κ2) is 24.6. The molecule has 0 aromatic heterocycles. The SMILES string of the molecule is CCCCCCCCCCCCS(=O)C(CCCCCCC)CCOC(CC)OCC(O)(P=O)C(=O)O. The number of carbonyl (C=O) groups is 1. The summed E-state index contributed by atoms with van der Waals surface area (Å²) >= 11 is 0. The van der Waals surface area contributed by atoms with Gasteiger partial charge in [0, 0.05) is 21.8 Å². The van der Waals surface area contributed by atoms with Crippen LogP contribution in [0.2, 0.25) is 0 Å². The summed E-state index contributed by atoms with van der Waals surface area (Å²) in [5.41, 5.74) is 0. The summed E-state index contributed by atoms with van der Waals surface area (Å²) in [7, 11) is -1.83. The number of carboxylic acids is 1. The molecule has 2 N–H and O–H groups in total. The third-order valence-corrected chi connectivity index (χ3v) is 9.27. The molecule has 7 nitrogen and oxygen atoms in total. The molecule has 0 fully saturated rings. The third kappa shape index (κ3) is 19.3. The summed E-state index contributed by atoms with van der Waals surface area (Å²) in [6, 6.07) is 0. The predicted molar refractivity (Wildman–Crippen MR) is 153 cm³/mol. The molecule has 0 saturated heterocycles. The van der Waals surface area contributed by atoms with E-state index in [4.69, 9.17) is 14.6 Å². The number of hydrogen-bond acceptors (Lipinski definition) is 6. The molecule has 0 radical (unpaired) electrons. The van der Waals surface area contributed by atoms with E-state index in [9.17, 15) is 18.7 Å². The highest BCUT2D eigenvalue weighted by atomic mass is 32.2. The van der Waals surface area contributed by atoms with Gasteiger partial charge in [0.15, 0.2) is 6.29 Å². The van der Waals surface area contributed by atoms with Gasteiger partial charge in [0.05, 0.1) is 6.61 Å². The molecule has 0 spiro atoms. The Bertz CT molecular complexity index is 593. The van der Waals surface area contributed by atoms with Crippen LogP contribution in [-0.2, 0) is 29.6 Å². The Morgan fingerprint density at radius 2 is 1.32 bits per heavy atom. The van der Waals surface area contributed by atoms with Crippen molar-refractivity contribution in [3.63, 3.8) is 0 Å². The van der Waals surface area contributed by atoms with E-state index in [1.807, 2.05) is 6.92 Å². The van der Waals surface area contributed by atoms with Crippen LogP contribution in [-0.4, -0.2) is 56.2 Å². The fourth-order valence-corrected chi connectivity index (χ4v) is 6.05. The van der Waals surface area contributed by atoms with E-state index >= 15 is 0 Å². The molecule has 0 rings (SSSR count). The van der Waals surface area contributed by atoms with Crippen molar-refractivity contribution in [1.82, 2.24) is 0 Å². The van der Waals surface area contributed by atoms with Gasteiger partial charge in [0.25, 0.3) is 5.34 Å². The van der Waals surface area contributed by atoms with E-state index in [0.717, 1.165) is 37.9 Å². The molecule has 0 aromatic carbocycles. The standard InChI is InChI=1S/C28H55O7PS/c1-4-7-9-11-12-13-14-15-17-19-23-37(33)25(20-18-16-10-8-5-2)21-22-34-26(6-3)35-24-28(31,36-32)27(29)30/h25-26,31H,4-24H2,1-3H3,(H,29,30). The number of aliphatic carboxylic acids is 1. The molecule has 0 bridgehead atoms. The molecule has 0 amide bonds. The largest absolute Gasteiger partial charge is 0.478 e. The number of carboxylic acid groups (broad SMARTS) is 1. The molecule has 37 heavy (non-hydrogen) atoms. The summed E-state index contributed by atoms with van der Waals surface area (Å²) in [5, 5.41) is 16.5. The Kier molecular flexibility index (Phi) is 24.4. The van der Waals surface area contributed by atoms with Gasteiger partial charge < -0.3 is 19.7 Å². The van der Waals surface area contributed by atoms with Crippen molar-refractivity contribution < 1.29 is 33.3 Å². The Morgan fingerprint density at radius 1 is 0.811 bits per heavy atom. The molecular weight excluding hydrogens is 511 g/mol. The minimum Gasteiger partial charge on any atom is -0.478 e. The van der Waals surface area contributed by atoms with Crippen LogP contribution in [0.25, 0.3) is 0 Å². The van der Waals surface area contributed by atoms with Gasteiger partial charge in [-0.3, -0.25) is 8.77 Å². The van der Waals surface area contributed by atoms with Crippen LogP contribution in [0.5, 0.6) is 0 Å². The Balaban J connectivity index is 4.46. The van der Waals surface area contributed by atoms with Crippen molar-refractivity contribution in [3.8, 4) is 0 Å². The van der Waals surface area contributed by atoms with Crippen LogP contribution >= 0.6 is 8.46 Å². The molecule has 4 unspecified atom stereocenters. The molecule has 0 aromatic rings. The summed E-state index contributed by atoms with van der Waals surface area (Å²) in [5.74, 6) is -0.873. The molecular formula is C28H55O7PS.